The quantitative estimate of drug-likeness (QED) is 0.860. The van der Waals surface area contributed by atoms with Crippen molar-refractivity contribution in [3.05, 3.63) is 36.5 Å². The van der Waals surface area contributed by atoms with Gasteiger partial charge < -0.3 is 9.84 Å². The molecule has 0 aliphatic heterocycles. The van der Waals surface area contributed by atoms with Gasteiger partial charge in [0.25, 0.3) is 0 Å². The molecule has 1 aliphatic carbocycles. The van der Waals surface area contributed by atoms with E-state index in [0.29, 0.717) is 0 Å². The first kappa shape index (κ1) is 10.5. The van der Waals surface area contributed by atoms with E-state index in [9.17, 15) is 5.11 Å². The minimum Gasteiger partial charge on any atom is -0.486 e. The van der Waals surface area contributed by atoms with Gasteiger partial charge in [0.2, 0.25) is 0 Å². The SMILES string of the molecule is O[C@H]1CCC[C@@H]1Oc1cnc2ccccc2c1. The summed E-state index contributed by atoms with van der Waals surface area (Å²) >= 11 is 0. The van der Waals surface area contributed by atoms with Gasteiger partial charge in [-0.25, -0.2) is 0 Å². The molecule has 2 atom stereocenters. The first-order chi connectivity index (χ1) is 8.33. The van der Waals surface area contributed by atoms with Gasteiger partial charge in [0.05, 0.1) is 17.8 Å². The van der Waals surface area contributed by atoms with Crippen LogP contribution >= 0.6 is 0 Å². The van der Waals surface area contributed by atoms with Crippen molar-refractivity contribution in [2.75, 3.05) is 0 Å². The maximum Gasteiger partial charge on any atom is 0.138 e. The van der Waals surface area contributed by atoms with E-state index >= 15 is 0 Å². The molecular formula is C14H15NO2. The van der Waals surface area contributed by atoms with Crippen LogP contribution in [0.15, 0.2) is 36.5 Å². The number of benzene rings is 1. The predicted octanol–water partition coefficient (Wildman–Crippen LogP) is 2.53. The van der Waals surface area contributed by atoms with Crippen molar-refractivity contribution >= 4 is 10.9 Å². The van der Waals surface area contributed by atoms with Crippen LogP contribution in [0.5, 0.6) is 5.75 Å². The Morgan fingerprint density at radius 2 is 2.12 bits per heavy atom. The Labute approximate surface area is 100 Å². The van der Waals surface area contributed by atoms with Crippen molar-refractivity contribution < 1.29 is 9.84 Å². The summed E-state index contributed by atoms with van der Waals surface area (Å²) in [4.78, 5) is 4.34. The fraction of sp³-hybridized carbons (Fsp3) is 0.357. The van der Waals surface area contributed by atoms with Crippen LogP contribution in [0.3, 0.4) is 0 Å². The number of ether oxygens (including phenoxy) is 1. The van der Waals surface area contributed by atoms with Crippen LogP contribution in [0, 0.1) is 0 Å². The molecule has 1 aromatic carbocycles. The molecule has 0 amide bonds. The molecule has 1 N–H and O–H groups in total. The number of rotatable bonds is 2. The molecule has 0 saturated heterocycles. The van der Waals surface area contributed by atoms with Crippen LogP contribution < -0.4 is 4.74 Å². The van der Waals surface area contributed by atoms with Gasteiger partial charge in [-0.15, -0.1) is 0 Å². The van der Waals surface area contributed by atoms with Crippen LogP contribution in [-0.4, -0.2) is 22.3 Å². The van der Waals surface area contributed by atoms with Gasteiger partial charge in [-0.05, 0) is 31.4 Å². The summed E-state index contributed by atoms with van der Waals surface area (Å²) in [5, 5.41) is 10.8. The first-order valence-corrected chi connectivity index (χ1v) is 6.02. The summed E-state index contributed by atoms with van der Waals surface area (Å²) in [6.45, 7) is 0. The van der Waals surface area contributed by atoms with E-state index < -0.39 is 0 Å². The van der Waals surface area contributed by atoms with Crippen LogP contribution in [-0.2, 0) is 0 Å². The van der Waals surface area contributed by atoms with Crippen LogP contribution in [0.1, 0.15) is 19.3 Å². The lowest BCUT2D eigenvalue weighted by molar-refractivity contribution is 0.0603. The molecule has 0 spiro atoms. The third kappa shape index (κ3) is 2.11. The van der Waals surface area contributed by atoms with E-state index in [4.69, 9.17) is 4.74 Å². The average Bonchev–Trinajstić information content (AvgIpc) is 2.75. The van der Waals surface area contributed by atoms with Gasteiger partial charge >= 0.3 is 0 Å². The zero-order valence-electron chi connectivity index (χ0n) is 9.54. The molecular weight excluding hydrogens is 214 g/mol. The number of hydrogen-bond acceptors (Lipinski definition) is 3. The second kappa shape index (κ2) is 4.34. The molecule has 3 heteroatoms. The van der Waals surface area contributed by atoms with E-state index in [0.717, 1.165) is 35.9 Å². The van der Waals surface area contributed by atoms with Gasteiger partial charge in [-0.3, -0.25) is 4.98 Å². The minimum atomic E-state index is -0.332. The summed E-state index contributed by atoms with van der Waals surface area (Å²) in [6, 6.07) is 9.92. The number of hydrogen-bond donors (Lipinski definition) is 1. The second-order valence-corrected chi connectivity index (χ2v) is 4.52. The molecule has 1 fully saturated rings. The molecule has 17 heavy (non-hydrogen) atoms. The van der Waals surface area contributed by atoms with Gasteiger partial charge in [0.1, 0.15) is 11.9 Å². The van der Waals surface area contributed by atoms with Gasteiger partial charge in [-0.2, -0.15) is 0 Å². The van der Waals surface area contributed by atoms with Gasteiger partial charge in [-0.1, -0.05) is 18.2 Å². The number of nitrogens with zero attached hydrogens (tertiary/aromatic N) is 1. The normalized spacial score (nSPS) is 24.1. The highest BCUT2D eigenvalue weighted by atomic mass is 16.5. The largest absolute Gasteiger partial charge is 0.486 e. The summed E-state index contributed by atoms with van der Waals surface area (Å²) < 4.78 is 5.78. The second-order valence-electron chi connectivity index (χ2n) is 4.52. The summed E-state index contributed by atoms with van der Waals surface area (Å²) in [5.74, 6) is 0.745. The maximum atomic E-state index is 9.72. The smallest absolute Gasteiger partial charge is 0.138 e. The van der Waals surface area contributed by atoms with Gasteiger partial charge in [0.15, 0.2) is 0 Å². The Kier molecular flexibility index (Phi) is 2.69. The molecule has 2 aromatic rings. The minimum absolute atomic E-state index is 0.0713. The topological polar surface area (TPSA) is 42.4 Å². The van der Waals surface area contributed by atoms with Crippen molar-refractivity contribution in [2.24, 2.45) is 0 Å². The fourth-order valence-electron chi connectivity index (χ4n) is 2.33. The highest BCUT2D eigenvalue weighted by Crippen LogP contribution is 2.25. The monoisotopic (exact) mass is 229 g/mol. The Hall–Kier alpha value is -1.61. The first-order valence-electron chi connectivity index (χ1n) is 6.02. The van der Waals surface area contributed by atoms with E-state index in [-0.39, 0.29) is 12.2 Å². The lowest BCUT2D eigenvalue weighted by Crippen LogP contribution is -2.25. The summed E-state index contributed by atoms with van der Waals surface area (Å²) in [7, 11) is 0. The molecule has 1 aromatic heterocycles. The van der Waals surface area contributed by atoms with Crippen molar-refractivity contribution in [3.8, 4) is 5.75 Å². The Morgan fingerprint density at radius 3 is 2.94 bits per heavy atom. The van der Waals surface area contributed by atoms with E-state index in [1.54, 1.807) is 6.20 Å². The lowest BCUT2D eigenvalue weighted by atomic mass is 10.2. The molecule has 0 bridgehead atoms. The number of fused-ring (bicyclic) bond motifs is 1. The zero-order chi connectivity index (χ0) is 11.7. The number of aliphatic hydroxyl groups excluding tert-OH is 1. The fourth-order valence-corrected chi connectivity index (χ4v) is 2.33. The van der Waals surface area contributed by atoms with Crippen molar-refractivity contribution in [2.45, 2.75) is 31.5 Å². The molecule has 3 rings (SSSR count). The number of pyridine rings is 1. The number of para-hydroxylation sites is 1. The van der Waals surface area contributed by atoms with Crippen molar-refractivity contribution in [3.63, 3.8) is 0 Å². The highest BCUT2D eigenvalue weighted by Gasteiger charge is 2.26. The van der Waals surface area contributed by atoms with Crippen LogP contribution in [0.4, 0.5) is 0 Å². The molecule has 0 radical (unpaired) electrons. The Bertz CT molecular complexity index is 526. The summed E-state index contributed by atoms with van der Waals surface area (Å²) in [6.07, 6.45) is 4.12. The third-order valence-electron chi connectivity index (χ3n) is 3.27. The van der Waals surface area contributed by atoms with E-state index in [1.165, 1.54) is 0 Å². The molecule has 1 saturated carbocycles. The third-order valence-corrected chi connectivity index (χ3v) is 3.27. The Balaban J connectivity index is 1.85. The maximum absolute atomic E-state index is 9.72. The van der Waals surface area contributed by atoms with Crippen molar-refractivity contribution in [1.29, 1.82) is 0 Å². The standard InChI is InChI=1S/C14H15NO2/c16-13-6-3-7-14(13)17-11-8-10-4-1-2-5-12(10)15-9-11/h1-2,4-5,8-9,13-14,16H,3,6-7H2/t13-,14-/m0/s1. The Morgan fingerprint density at radius 1 is 1.24 bits per heavy atom. The van der Waals surface area contributed by atoms with Crippen LogP contribution in [0.25, 0.3) is 10.9 Å². The number of aromatic nitrogens is 1. The van der Waals surface area contributed by atoms with E-state index in [1.807, 2.05) is 30.3 Å². The van der Waals surface area contributed by atoms with Crippen LogP contribution in [0.2, 0.25) is 0 Å². The average molecular weight is 229 g/mol. The molecule has 0 unspecified atom stereocenters. The summed E-state index contributed by atoms with van der Waals surface area (Å²) in [5.41, 5.74) is 0.965. The molecule has 88 valence electrons. The molecule has 1 aliphatic rings. The predicted molar refractivity (Wildman–Crippen MR) is 66.0 cm³/mol. The van der Waals surface area contributed by atoms with Crippen molar-refractivity contribution in [1.82, 2.24) is 4.98 Å². The van der Waals surface area contributed by atoms with E-state index in [2.05, 4.69) is 4.98 Å². The highest BCUT2D eigenvalue weighted by molar-refractivity contribution is 5.79. The zero-order valence-corrected chi connectivity index (χ0v) is 9.54. The molecule has 3 nitrogen and oxygen atoms in total. The molecule has 1 heterocycles. The lowest BCUT2D eigenvalue weighted by Gasteiger charge is -2.16. The van der Waals surface area contributed by atoms with Gasteiger partial charge in [0, 0.05) is 5.39 Å². The number of aliphatic hydroxyl groups is 1.